The zero-order chi connectivity index (χ0) is 19.8. The highest BCUT2D eigenvalue weighted by Crippen LogP contribution is 2.29. The van der Waals surface area contributed by atoms with Gasteiger partial charge in [-0.05, 0) is 43.2 Å². The van der Waals surface area contributed by atoms with Gasteiger partial charge in [-0.3, -0.25) is 4.79 Å². The van der Waals surface area contributed by atoms with Gasteiger partial charge >= 0.3 is 0 Å². The molecule has 4 rings (SSSR count). The third-order valence-electron chi connectivity index (χ3n) is 4.67. The first-order valence-corrected chi connectivity index (χ1v) is 8.95. The van der Waals surface area contributed by atoms with Crippen LogP contribution in [0.1, 0.15) is 34.1 Å². The van der Waals surface area contributed by atoms with Crippen LogP contribution in [0.4, 0.5) is 4.39 Å². The van der Waals surface area contributed by atoms with E-state index in [2.05, 4.69) is 10.1 Å². The van der Waals surface area contributed by atoms with E-state index in [4.69, 9.17) is 0 Å². The van der Waals surface area contributed by atoms with Crippen LogP contribution in [0.25, 0.3) is 16.8 Å². The van der Waals surface area contributed by atoms with Crippen LogP contribution in [-0.2, 0) is 6.42 Å². The van der Waals surface area contributed by atoms with Gasteiger partial charge in [0.2, 0.25) is 0 Å². The molecule has 5 nitrogen and oxygen atoms in total. The fraction of sp³-hybridized carbons (Fsp3) is 0.136. The van der Waals surface area contributed by atoms with Crippen LogP contribution in [0.2, 0.25) is 0 Å². The van der Waals surface area contributed by atoms with Gasteiger partial charge in [0.15, 0.2) is 11.4 Å². The molecule has 28 heavy (non-hydrogen) atoms. The van der Waals surface area contributed by atoms with Gasteiger partial charge in [0.05, 0.1) is 16.8 Å². The first-order valence-electron chi connectivity index (χ1n) is 8.95. The summed E-state index contributed by atoms with van der Waals surface area (Å²) in [7, 11) is 0. The lowest BCUT2D eigenvalue weighted by molar-refractivity contribution is 0.103. The molecule has 0 saturated heterocycles. The van der Waals surface area contributed by atoms with Crippen LogP contribution in [0.5, 0.6) is 5.75 Å². The summed E-state index contributed by atoms with van der Waals surface area (Å²) in [6, 6.07) is 11.1. The average molecular weight is 375 g/mol. The molecule has 0 unspecified atom stereocenters. The number of carbonyl (C=O) groups is 1. The Balaban J connectivity index is 1.83. The van der Waals surface area contributed by atoms with Crippen LogP contribution >= 0.6 is 0 Å². The van der Waals surface area contributed by atoms with Crippen LogP contribution in [0, 0.1) is 12.7 Å². The lowest BCUT2D eigenvalue weighted by Gasteiger charge is -2.06. The molecule has 1 N–H and O–H groups in total. The molecule has 2 aromatic heterocycles. The topological polar surface area (TPSA) is 67.5 Å². The molecule has 6 heteroatoms. The van der Waals surface area contributed by atoms with Crippen LogP contribution in [0.15, 0.2) is 54.9 Å². The second-order valence-corrected chi connectivity index (χ2v) is 6.64. The van der Waals surface area contributed by atoms with E-state index in [0.29, 0.717) is 17.6 Å². The molecule has 0 radical (unpaired) electrons. The van der Waals surface area contributed by atoms with Crippen molar-refractivity contribution in [1.29, 1.82) is 0 Å². The Morgan fingerprint density at radius 2 is 1.93 bits per heavy atom. The van der Waals surface area contributed by atoms with E-state index in [-0.39, 0.29) is 22.9 Å². The second kappa shape index (κ2) is 6.88. The van der Waals surface area contributed by atoms with Gasteiger partial charge in [-0.15, -0.1) is 0 Å². The summed E-state index contributed by atoms with van der Waals surface area (Å²) in [6.45, 7) is 3.83. The van der Waals surface area contributed by atoms with Crippen LogP contribution in [0.3, 0.4) is 0 Å². The number of phenols is 1. The maximum atomic E-state index is 13.3. The molecule has 0 aliphatic heterocycles. The van der Waals surface area contributed by atoms with Gasteiger partial charge in [0, 0.05) is 18.0 Å². The minimum atomic E-state index is -0.326. The van der Waals surface area contributed by atoms with Crippen molar-refractivity contribution in [1.82, 2.24) is 14.6 Å². The van der Waals surface area contributed by atoms with Crippen molar-refractivity contribution in [2.75, 3.05) is 0 Å². The van der Waals surface area contributed by atoms with Gasteiger partial charge in [0.1, 0.15) is 11.6 Å². The number of benzene rings is 2. The SMILES string of the molecule is CCc1nn2cc(C(=O)c3cc(C)ccc3O)cnc2c1-c1ccc(F)cc1. The number of aromatic nitrogens is 3. The number of aryl methyl sites for hydroxylation is 2. The maximum Gasteiger partial charge on any atom is 0.199 e. The van der Waals surface area contributed by atoms with Crippen molar-refractivity contribution in [2.45, 2.75) is 20.3 Å². The summed E-state index contributed by atoms with van der Waals surface area (Å²) in [5, 5.41) is 14.6. The molecule has 2 aromatic carbocycles. The number of hydrogen-bond acceptors (Lipinski definition) is 4. The van der Waals surface area contributed by atoms with E-state index in [1.54, 1.807) is 35.0 Å². The number of phenolic OH excluding ortho intramolecular Hbond substituents is 1. The van der Waals surface area contributed by atoms with Crippen molar-refractivity contribution in [2.24, 2.45) is 0 Å². The fourth-order valence-corrected chi connectivity index (χ4v) is 3.24. The monoisotopic (exact) mass is 375 g/mol. The molecular weight excluding hydrogens is 357 g/mol. The standard InChI is InChI=1S/C22H18FN3O2/c1-3-18-20(14-5-7-16(23)8-6-14)22-24-11-15(12-26(22)25-18)21(28)17-10-13(2)4-9-19(17)27/h4-12,27H,3H2,1-2H3. The van der Waals surface area contributed by atoms with Gasteiger partial charge in [-0.25, -0.2) is 13.9 Å². The highest BCUT2D eigenvalue weighted by atomic mass is 19.1. The molecule has 0 aliphatic carbocycles. The molecule has 2 heterocycles. The highest BCUT2D eigenvalue weighted by molar-refractivity contribution is 6.10. The maximum absolute atomic E-state index is 13.3. The Bertz CT molecular complexity index is 1200. The molecule has 0 amide bonds. The van der Waals surface area contributed by atoms with E-state index in [9.17, 15) is 14.3 Å². The van der Waals surface area contributed by atoms with Gasteiger partial charge in [-0.2, -0.15) is 5.10 Å². The fourth-order valence-electron chi connectivity index (χ4n) is 3.24. The molecule has 4 aromatic rings. The minimum absolute atomic E-state index is 0.0718. The molecule has 0 spiro atoms. The summed E-state index contributed by atoms with van der Waals surface area (Å²) >= 11 is 0. The Hall–Kier alpha value is -3.54. The number of ketones is 1. The molecule has 0 saturated carbocycles. The summed E-state index contributed by atoms with van der Waals surface area (Å²) in [6.07, 6.45) is 3.75. The van der Waals surface area contributed by atoms with Crippen LogP contribution in [-0.4, -0.2) is 25.5 Å². The Kier molecular flexibility index (Phi) is 4.39. The van der Waals surface area contributed by atoms with E-state index in [1.807, 2.05) is 13.8 Å². The largest absolute Gasteiger partial charge is 0.507 e. The highest BCUT2D eigenvalue weighted by Gasteiger charge is 2.19. The number of hydrogen-bond donors (Lipinski definition) is 1. The summed E-state index contributed by atoms with van der Waals surface area (Å²) in [4.78, 5) is 17.3. The quantitative estimate of drug-likeness (QED) is 0.539. The van der Waals surface area contributed by atoms with Crippen LogP contribution < -0.4 is 0 Å². The zero-order valence-corrected chi connectivity index (χ0v) is 15.5. The van der Waals surface area contributed by atoms with E-state index in [0.717, 1.165) is 22.4 Å². The Morgan fingerprint density at radius 3 is 2.64 bits per heavy atom. The number of rotatable bonds is 4. The minimum Gasteiger partial charge on any atom is -0.507 e. The predicted molar refractivity (Wildman–Crippen MR) is 104 cm³/mol. The van der Waals surface area contributed by atoms with Gasteiger partial charge < -0.3 is 5.11 Å². The van der Waals surface area contributed by atoms with Crippen molar-refractivity contribution in [3.05, 3.63) is 83.1 Å². The lowest BCUT2D eigenvalue weighted by atomic mass is 10.0. The molecule has 140 valence electrons. The summed E-state index contributed by atoms with van der Waals surface area (Å²) < 4.78 is 14.9. The summed E-state index contributed by atoms with van der Waals surface area (Å²) in [5.74, 6) is -0.707. The Morgan fingerprint density at radius 1 is 1.18 bits per heavy atom. The smallest absolute Gasteiger partial charge is 0.199 e. The Labute approximate surface area is 161 Å². The first kappa shape index (κ1) is 17.9. The molecule has 0 bridgehead atoms. The summed E-state index contributed by atoms with van der Waals surface area (Å²) in [5.41, 5.74) is 4.46. The molecule has 0 aliphatic rings. The van der Waals surface area contributed by atoms with Crippen molar-refractivity contribution < 1.29 is 14.3 Å². The lowest BCUT2D eigenvalue weighted by Crippen LogP contribution is -2.05. The predicted octanol–water partition coefficient (Wildman–Crippen LogP) is 4.34. The normalized spacial score (nSPS) is 11.1. The average Bonchev–Trinajstić information content (AvgIpc) is 3.07. The number of nitrogens with zero attached hydrogens (tertiary/aromatic N) is 3. The molecule has 0 atom stereocenters. The second-order valence-electron chi connectivity index (χ2n) is 6.64. The van der Waals surface area contributed by atoms with Crippen molar-refractivity contribution >= 4 is 11.4 Å². The number of fused-ring (bicyclic) bond motifs is 1. The van der Waals surface area contributed by atoms with E-state index >= 15 is 0 Å². The van der Waals surface area contributed by atoms with Gasteiger partial charge in [-0.1, -0.05) is 30.7 Å². The van der Waals surface area contributed by atoms with Gasteiger partial charge in [0.25, 0.3) is 0 Å². The molecule has 0 fully saturated rings. The molecular formula is C22H18FN3O2. The first-order chi connectivity index (χ1) is 13.5. The zero-order valence-electron chi connectivity index (χ0n) is 15.5. The van der Waals surface area contributed by atoms with Crippen molar-refractivity contribution in [3.63, 3.8) is 0 Å². The van der Waals surface area contributed by atoms with Crippen molar-refractivity contribution in [3.8, 4) is 16.9 Å². The third-order valence-corrected chi connectivity index (χ3v) is 4.67. The van der Waals surface area contributed by atoms with E-state index in [1.165, 1.54) is 24.4 Å². The third kappa shape index (κ3) is 3.03. The number of aromatic hydroxyl groups is 1. The number of carbonyl (C=O) groups excluding carboxylic acids is 1. The number of halogens is 1. The van der Waals surface area contributed by atoms with E-state index < -0.39 is 0 Å².